The number of amides is 2. The van der Waals surface area contributed by atoms with Crippen LogP contribution in [-0.2, 0) is 0 Å². The Labute approximate surface area is 86.8 Å². The fraction of sp³-hybridized carbons (Fsp3) is 0.875. The monoisotopic (exact) mass is 227 g/mol. The molecule has 0 heterocycles. The van der Waals surface area contributed by atoms with Gasteiger partial charge in [0, 0.05) is 12.6 Å². The van der Waals surface area contributed by atoms with Gasteiger partial charge in [-0.25, -0.2) is 4.79 Å². The third-order valence-electron chi connectivity index (χ3n) is 1.89. The molecule has 0 aromatic rings. The van der Waals surface area contributed by atoms with E-state index in [9.17, 15) is 18.0 Å². The highest BCUT2D eigenvalue weighted by atomic mass is 19.4. The Hall–Kier alpha value is -0.980. The number of carbonyl (C=O) groups excluding carboxylic acids is 1. The minimum atomic E-state index is -4.37. The van der Waals surface area contributed by atoms with Gasteiger partial charge in [-0.3, -0.25) is 0 Å². The second kappa shape index (κ2) is 5.79. The normalized spacial score (nSPS) is 13.8. The van der Waals surface area contributed by atoms with Gasteiger partial charge in [0.15, 0.2) is 0 Å². The van der Waals surface area contributed by atoms with Crippen LogP contribution in [0.1, 0.15) is 6.92 Å². The highest BCUT2D eigenvalue weighted by molar-refractivity contribution is 5.73. The predicted molar refractivity (Wildman–Crippen MR) is 50.6 cm³/mol. The number of hydrogen-bond acceptors (Lipinski definition) is 2. The molecule has 0 saturated heterocycles. The van der Waals surface area contributed by atoms with Crippen molar-refractivity contribution in [2.75, 3.05) is 27.2 Å². The zero-order chi connectivity index (χ0) is 12.1. The largest absolute Gasteiger partial charge is 0.405 e. The molecular weight excluding hydrogens is 211 g/mol. The molecule has 1 unspecified atom stereocenters. The Bertz CT molecular complexity index is 206. The average molecular weight is 227 g/mol. The van der Waals surface area contributed by atoms with Gasteiger partial charge in [0.2, 0.25) is 0 Å². The van der Waals surface area contributed by atoms with E-state index in [4.69, 9.17) is 0 Å². The quantitative estimate of drug-likeness (QED) is 0.746. The number of urea groups is 1. The summed E-state index contributed by atoms with van der Waals surface area (Å²) in [5.74, 6) is 0. The molecule has 90 valence electrons. The van der Waals surface area contributed by atoms with Crippen LogP contribution < -0.4 is 10.6 Å². The lowest BCUT2D eigenvalue weighted by atomic mass is 10.3. The average Bonchev–Trinajstić information content (AvgIpc) is 2.09. The summed E-state index contributed by atoms with van der Waals surface area (Å²) in [4.78, 5) is 12.7. The van der Waals surface area contributed by atoms with Gasteiger partial charge < -0.3 is 15.5 Å². The van der Waals surface area contributed by atoms with Crippen molar-refractivity contribution in [2.45, 2.75) is 19.1 Å². The Morgan fingerprint density at radius 3 is 2.27 bits per heavy atom. The molecular formula is C8H16F3N3O. The standard InChI is InChI=1S/C8H16F3N3O/c1-6(14(2)3)4-12-7(15)13-5-8(9,10)11/h6H,4-5H2,1-3H3,(H2,12,13,15). The molecule has 0 aliphatic carbocycles. The first-order chi connectivity index (χ1) is 6.72. The Morgan fingerprint density at radius 2 is 1.87 bits per heavy atom. The lowest BCUT2D eigenvalue weighted by Crippen LogP contribution is -2.45. The zero-order valence-corrected chi connectivity index (χ0v) is 8.98. The summed E-state index contributed by atoms with van der Waals surface area (Å²) in [6, 6.07) is -0.734. The smallest absolute Gasteiger partial charge is 0.337 e. The molecule has 15 heavy (non-hydrogen) atoms. The summed E-state index contributed by atoms with van der Waals surface area (Å²) in [5.41, 5.74) is 0. The van der Waals surface area contributed by atoms with Crippen molar-refractivity contribution >= 4 is 6.03 Å². The van der Waals surface area contributed by atoms with Crippen LogP contribution in [0.4, 0.5) is 18.0 Å². The van der Waals surface area contributed by atoms with Gasteiger partial charge in [0.25, 0.3) is 0 Å². The number of carbonyl (C=O) groups is 1. The lowest BCUT2D eigenvalue weighted by molar-refractivity contribution is -0.122. The molecule has 0 aromatic heterocycles. The van der Waals surface area contributed by atoms with Crippen molar-refractivity contribution in [2.24, 2.45) is 0 Å². The number of likely N-dealkylation sites (N-methyl/N-ethyl adjacent to an activating group) is 1. The molecule has 4 nitrogen and oxygen atoms in total. The van der Waals surface area contributed by atoms with E-state index in [1.54, 1.807) is 5.32 Å². The summed E-state index contributed by atoms with van der Waals surface area (Å²) in [6.45, 7) is 0.843. The SMILES string of the molecule is CC(CNC(=O)NCC(F)(F)F)N(C)C. The Kier molecular flexibility index (Phi) is 5.41. The highest BCUT2D eigenvalue weighted by Crippen LogP contribution is 2.11. The number of rotatable bonds is 4. The van der Waals surface area contributed by atoms with Crippen LogP contribution in [0.3, 0.4) is 0 Å². The van der Waals surface area contributed by atoms with E-state index in [0.717, 1.165) is 0 Å². The lowest BCUT2D eigenvalue weighted by Gasteiger charge is -2.20. The van der Waals surface area contributed by atoms with Gasteiger partial charge in [0.1, 0.15) is 6.54 Å². The van der Waals surface area contributed by atoms with Gasteiger partial charge in [-0.15, -0.1) is 0 Å². The highest BCUT2D eigenvalue weighted by Gasteiger charge is 2.27. The molecule has 1 atom stereocenters. The molecule has 7 heteroatoms. The maximum Gasteiger partial charge on any atom is 0.405 e. The van der Waals surface area contributed by atoms with Gasteiger partial charge in [-0.05, 0) is 21.0 Å². The van der Waals surface area contributed by atoms with Crippen LogP contribution in [0.15, 0.2) is 0 Å². The molecule has 0 radical (unpaired) electrons. The first-order valence-electron chi connectivity index (χ1n) is 4.47. The first kappa shape index (κ1) is 14.0. The number of hydrogen-bond donors (Lipinski definition) is 2. The van der Waals surface area contributed by atoms with E-state index >= 15 is 0 Å². The van der Waals surface area contributed by atoms with Crippen LogP contribution in [0.5, 0.6) is 0 Å². The Balaban J connectivity index is 3.67. The van der Waals surface area contributed by atoms with Gasteiger partial charge in [-0.1, -0.05) is 0 Å². The maximum atomic E-state index is 11.7. The molecule has 0 aliphatic heterocycles. The summed E-state index contributed by atoms with van der Waals surface area (Å²) in [7, 11) is 3.64. The molecule has 0 aromatic carbocycles. The van der Waals surface area contributed by atoms with E-state index < -0.39 is 18.8 Å². The molecule has 0 spiro atoms. The van der Waals surface area contributed by atoms with E-state index in [-0.39, 0.29) is 6.04 Å². The van der Waals surface area contributed by atoms with Crippen molar-refractivity contribution in [1.82, 2.24) is 15.5 Å². The van der Waals surface area contributed by atoms with Crippen molar-refractivity contribution in [1.29, 1.82) is 0 Å². The summed E-state index contributed by atoms with van der Waals surface area (Å²) in [5, 5.41) is 4.07. The van der Waals surface area contributed by atoms with E-state index in [1.165, 1.54) is 0 Å². The van der Waals surface area contributed by atoms with Crippen molar-refractivity contribution in [3.8, 4) is 0 Å². The minimum Gasteiger partial charge on any atom is -0.337 e. The minimum absolute atomic E-state index is 0.0710. The molecule has 0 bridgehead atoms. The molecule has 0 fully saturated rings. The number of nitrogens with zero attached hydrogens (tertiary/aromatic N) is 1. The number of halogens is 3. The van der Waals surface area contributed by atoms with Gasteiger partial charge >= 0.3 is 12.2 Å². The Morgan fingerprint density at radius 1 is 1.33 bits per heavy atom. The van der Waals surface area contributed by atoms with Crippen LogP contribution in [0, 0.1) is 0 Å². The van der Waals surface area contributed by atoms with Crippen LogP contribution in [-0.4, -0.2) is 50.3 Å². The first-order valence-corrected chi connectivity index (χ1v) is 4.47. The van der Waals surface area contributed by atoms with Crippen molar-refractivity contribution in [3.63, 3.8) is 0 Å². The zero-order valence-electron chi connectivity index (χ0n) is 8.98. The van der Waals surface area contributed by atoms with Crippen LogP contribution in [0.25, 0.3) is 0 Å². The molecule has 0 rings (SSSR count). The summed E-state index contributed by atoms with van der Waals surface area (Å²) in [6.07, 6.45) is -4.37. The topological polar surface area (TPSA) is 44.4 Å². The van der Waals surface area contributed by atoms with E-state index in [2.05, 4.69) is 5.32 Å². The second-order valence-corrected chi connectivity index (χ2v) is 3.49. The molecule has 0 saturated carbocycles. The predicted octanol–water partition coefficient (Wildman–Crippen LogP) is 0.798. The third kappa shape index (κ3) is 8.04. The fourth-order valence-corrected chi connectivity index (χ4v) is 0.666. The van der Waals surface area contributed by atoms with Gasteiger partial charge in [0.05, 0.1) is 0 Å². The van der Waals surface area contributed by atoms with Crippen molar-refractivity contribution in [3.05, 3.63) is 0 Å². The van der Waals surface area contributed by atoms with Gasteiger partial charge in [-0.2, -0.15) is 13.2 Å². The number of alkyl halides is 3. The van der Waals surface area contributed by atoms with Crippen LogP contribution in [0.2, 0.25) is 0 Å². The second-order valence-electron chi connectivity index (χ2n) is 3.49. The molecule has 2 N–H and O–H groups in total. The molecule has 2 amide bonds. The summed E-state index contributed by atoms with van der Waals surface area (Å²) >= 11 is 0. The van der Waals surface area contributed by atoms with Crippen molar-refractivity contribution < 1.29 is 18.0 Å². The fourth-order valence-electron chi connectivity index (χ4n) is 0.666. The maximum absolute atomic E-state index is 11.7. The molecule has 0 aliphatic rings. The number of nitrogens with one attached hydrogen (secondary N) is 2. The van der Waals surface area contributed by atoms with E-state index in [1.807, 2.05) is 25.9 Å². The van der Waals surface area contributed by atoms with Crippen LogP contribution >= 0.6 is 0 Å². The van der Waals surface area contributed by atoms with E-state index in [0.29, 0.717) is 6.54 Å². The summed E-state index contributed by atoms with van der Waals surface area (Å²) < 4.78 is 35.1. The third-order valence-corrected chi connectivity index (χ3v) is 1.89.